The highest BCUT2D eigenvalue weighted by Gasteiger charge is 2.31. The fourth-order valence-corrected chi connectivity index (χ4v) is 1.78. The van der Waals surface area contributed by atoms with E-state index in [4.69, 9.17) is 5.73 Å². The highest BCUT2D eigenvalue weighted by atomic mass is 16.2. The van der Waals surface area contributed by atoms with Gasteiger partial charge in [-0.3, -0.25) is 9.59 Å². The first-order valence-corrected chi connectivity index (χ1v) is 5.41. The van der Waals surface area contributed by atoms with Gasteiger partial charge in [0.2, 0.25) is 11.8 Å². The molecule has 0 aromatic rings. The maximum Gasteiger partial charge on any atom is 0.242 e. The van der Waals surface area contributed by atoms with Gasteiger partial charge in [-0.15, -0.1) is 0 Å². The molecule has 0 radical (unpaired) electrons. The summed E-state index contributed by atoms with van der Waals surface area (Å²) in [5.74, 6) is -0.222. The Balaban J connectivity index is 2.61. The number of likely N-dealkylation sites (tertiary alicyclic amines) is 1. The van der Waals surface area contributed by atoms with E-state index in [1.807, 2.05) is 6.92 Å². The molecule has 0 aromatic heterocycles. The molecule has 2 amide bonds. The molecular formula is C10H19N3O2. The van der Waals surface area contributed by atoms with Crippen molar-refractivity contribution < 1.29 is 9.59 Å². The largest absolute Gasteiger partial charge is 0.355 e. The summed E-state index contributed by atoms with van der Waals surface area (Å²) in [6.45, 7) is 4.80. The summed E-state index contributed by atoms with van der Waals surface area (Å²) in [5, 5.41) is 2.70. The third kappa shape index (κ3) is 2.68. The summed E-state index contributed by atoms with van der Waals surface area (Å²) in [5.41, 5.74) is 5.66. The van der Waals surface area contributed by atoms with Crippen LogP contribution in [0.25, 0.3) is 0 Å². The second kappa shape index (κ2) is 5.11. The number of nitrogens with one attached hydrogen (secondary N) is 1. The van der Waals surface area contributed by atoms with Crippen LogP contribution in [-0.4, -0.2) is 41.9 Å². The second-order valence-electron chi connectivity index (χ2n) is 3.85. The molecule has 1 aliphatic rings. The SMILES string of the molecule is CCNC(=O)[C@@H](C)N1CCC[C@H](N)C1=O. The molecule has 2 atom stereocenters. The van der Waals surface area contributed by atoms with Gasteiger partial charge in [0.25, 0.3) is 0 Å². The van der Waals surface area contributed by atoms with E-state index in [1.54, 1.807) is 11.8 Å². The number of rotatable bonds is 3. The summed E-state index contributed by atoms with van der Waals surface area (Å²) in [4.78, 5) is 24.8. The third-order valence-electron chi connectivity index (χ3n) is 2.71. The van der Waals surface area contributed by atoms with Crippen LogP contribution >= 0.6 is 0 Å². The van der Waals surface area contributed by atoms with Crippen LogP contribution in [0.2, 0.25) is 0 Å². The van der Waals surface area contributed by atoms with E-state index in [9.17, 15) is 9.59 Å². The van der Waals surface area contributed by atoms with E-state index < -0.39 is 12.1 Å². The zero-order valence-electron chi connectivity index (χ0n) is 9.32. The molecule has 1 rings (SSSR count). The van der Waals surface area contributed by atoms with Gasteiger partial charge >= 0.3 is 0 Å². The number of likely N-dealkylation sites (N-methyl/N-ethyl adjacent to an activating group) is 1. The topological polar surface area (TPSA) is 75.4 Å². The van der Waals surface area contributed by atoms with Crippen molar-refractivity contribution in [1.29, 1.82) is 0 Å². The number of nitrogens with zero attached hydrogens (tertiary/aromatic N) is 1. The van der Waals surface area contributed by atoms with Crippen molar-refractivity contribution in [1.82, 2.24) is 10.2 Å². The quantitative estimate of drug-likeness (QED) is 0.661. The minimum Gasteiger partial charge on any atom is -0.355 e. The van der Waals surface area contributed by atoms with Crippen LogP contribution in [0.5, 0.6) is 0 Å². The highest BCUT2D eigenvalue weighted by Crippen LogP contribution is 2.13. The zero-order valence-corrected chi connectivity index (χ0v) is 9.32. The van der Waals surface area contributed by atoms with Crippen molar-refractivity contribution in [2.75, 3.05) is 13.1 Å². The Bertz CT molecular complexity index is 255. The van der Waals surface area contributed by atoms with Crippen LogP contribution in [0, 0.1) is 0 Å². The van der Waals surface area contributed by atoms with Gasteiger partial charge in [0.15, 0.2) is 0 Å². The maximum atomic E-state index is 11.7. The van der Waals surface area contributed by atoms with E-state index in [2.05, 4.69) is 5.32 Å². The molecule has 15 heavy (non-hydrogen) atoms. The van der Waals surface area contributed by atoms with E-state index in [1.165, 1.54) is 0 Å². The Hall–Kier alpha value is -1.10. The van der Waals surface area contributed by atoms with Crippen molar-refractivity contribution in [2.45, 2.75) is 38.8 Å². The van der Waals surface area contributed by atoms with Gasteiger partial charge < -0.3 is 16.0 Å². The Morgan fingerprint density at radius 1 is 1.73 bits per heavy atom. The standard InChI is InChI=1S/C10H19N3O2/c1-3-12-9(14)7(2)13-6-4-5-8(11)10(13)15/h7-8H,3-6,11H2,1-2H3,(H,12,14)/t7-,8+/m1/s1. The average Bonchev–Trinajstić information content (AvgIpc) is 2.21. The molecule has 0 bridgehead atoms. The minimum absolute atomic E-state index is 0.111. The van der Waals surface area contributed by atoms with Crippen molar-refractivity contribution >= 4 is 11.8 Å². The smallest absolute Gasteiger partial charge is 0.242 e. The number of hydrogen-bond acceptors (Lipinski definition) is 3. The molecule has 0 spiro atoms. The van der Waals surface area contributed by atoms with Crippen LogP contribution in [0.15, 0.2) is 0 Å². The Morgan fingerprint density at radius 2 is 2.40 bits per heavy atom. The molecule has 3 N–H and O–H groups in total. The van der Waals surface area contributed by atoms with Gasteiger partial charge in [0, 0.05) is 13.1 Å². The fraction of sp³-hybridized carbons (Fsp3) is 0.800. The number of carbonyl (C=O) groups excluding carboxylic acids is 2. The van der Waals surface area contributed by atoms with E-state index in [0.29, 0.717) is 13.1 Å². The molecule has 1 heterocycles. The summed E-state index contributed by atoms with van der Waals surface area (Å²) < 4.78 is 0. The third-order valence-corrected chi connectivity index (χ3v) is 2.71. The van der Waals surface area contributed by atoms with Crippen molar-refractivity contribution in [2.24, 2.45) is 5.73 Å². The number of hydrogen-bond donors (Lipinski definition) is 2. The monoisotopic (exact) mass is 213 g/mol. The lowest BCUT2D eigenvalue weighted by molar-refractivity contribution is -0.142. The van der Waals surface area contributed by atoms with Crippen LogP contribution in [0.1, 0.15) is 26.7 Å². The molecule has 0 saturated carbocycles. The van der Waals surface area contributed by atoms with Crippen LogP contribution in [-0.2, 0) is 9.59 Å². The van der Waals surface area contributed by atoms with Gasteiger partial charge in [-0.25, -0.2) is 0 Å². The Kier molecular flexibility index (Phi) is 4.08. The summed E-state index contributed by atoms with van der Waals surface area (Å²) >= 11 is 0. The molecule has 0 aliphatic carbocycles. The summed E-state index contributed by atoms with van der Waals surface area (Å²) in [6.07, 6.45) is 1.59. The van der Waals surface area contributed by atoms with Gasteiger partial charge in [0.05, 0.1) is 6.04 Å². The van der Waals surface area contributed by atoms with E-state index in [0.717, 1.165) is 12.8 Å². The average molecular weight is 213 g/mol. The number of amides is 2. The molecule has 5 heteroatoms. The van der Waals surface area contributed by atoms with Crippen LogP contribution in [0.4, 0.5) is 0 Å². The normalized spacial score (nSPS) is 23.8. The first-order chi connectivity index (χ1) is 7.07. The Labute approximate surface area is 90.0 Å². The van der Waals surface area contributed by atoms with E-state index >= 15 is 0 Å². The Morgan fingerprint density at radius 3 is 3.00 bits per heavy atom. The molecule has 1 saturated heterocycles. The molecule has 1 aliphatic heterocycles. The van der Waals surface area contributed by atoms with Crippen molar-refractivity contribution in [3.63, 3.8) is 0 Å². The zero-order chi connectivity index (χ0) is 11.4. The van der Waals surface area contributed by atoms with Gasteiger partial charge in [0.1, 0.15) is 6.04 Å². The first-order valence-electron chi connectivity index (χ1n) is 5.41. The minimum atomic E-state index is -0.435. The first kappa shape index (κ1) is 12.0. The molecule has 0 aromatic carbocycles. The van der Waals surface area contributed by atoms with Gasteiger partial charge in [-0.05, 0) is 26.7 Å². The lowest BCUT2D eigenvalue weighted by atomic mass is 10.0. The highest BCUT2D eigenvalue weighted by molar-refractivity contribution is 5.89. The number of carbonyl (C=O) groups is 2. The van der Waals surface area contributed by atoms with Crippen molar-refractivity contribution in [3.8, 4) is 0 Å². The predicted molar refractivity (Wildman–Crippen MR) is 57.1 cm³/mol. The lowest BCUT2D eigenvalue weighted by Gasteiger charge is -2.34. The molecule has 5 nitrogen and oxygen atoms in total. The fourth-order valence-electron chi connectivity index (χ4n) is 1.78. The molecule has 1 fully saturated rings. The molecule has 0 unspecified atom stereocenters. The maximum absolute atomic E-state index is 11.7. The number of piperidine rings is 1. The molecular weight excluding hydrogens is 194 g/mol. The predicted octanol–water partition coefficient (Wildman–Crippen LogP) is -0.539. The second-order valence-corrected chi connectivity index (χ2v) is 3.85. The van der Waals surface area contributed by atoms with Crippen LogP contribution in [0.3, 0.4) is 0 Å². The summed E-state index contributed by atoms with van der Waals surface area (Å²) in [6, 6.07) is -0.848. The van der Waals surface area contributed by atoms with Gasteiger partial charge in [-0.2, -0.15) is 0 Å². The lowest BCUT2D eigenvalue weighted by Crippen LogP contribution is -2.55. The summed E-state index contributed by atoms with van der Waals surface area (Å²) in [7, 11) is 0. The van der Waals surface area contributed by atoms with Crippen LogP contribution < -0.4 is 11.1 Å². The van der Waals surface area contributed by atoms with E-state index in [-0.39, 0.29) is 11.8 Å². The molecule has 86 valence electrons. The number of nitrogens with two attached hydrogens (primary N) is 1. The van der Waals surface area contributed by atoms with Crippen molar-refractivity contribution in [3.05, 3.63) is 0 Å². The van der Waals surface area contributed by atoms with Gasteiger partial charge in [-0.1, -0.05) is 0 Å².